The van der Waals surface area contributed by atoms with Crippen LogP contribution in [0.4, 0.5) is 0 Å². The van der Waals surface area contributed by atoms with Gasteiger partial charge in [0.2, 0.25) is 0 Å². The summed E-state index contributed by atoms with van der Waals surface area (Å²) in [6.07, 6.45) is 4.59. The fraction of sp³-hybridized carbons (Fsp3) is 0.600. The van der Waals surface area contributed by atoms with E-state index in [0.717, 1.165) is 34.5 Å². The van der Waals surface area contributed by atoms with Crippen molar-refractivity contribution < 1.29 is 9.84 Å². The van der Waals surface area contributed by atoms with Gasteiger partial charge in [0.15, 0.2) is 0 Å². The van der Waals surface area contributed by atoms with Crippen molar-refractivity contribution in [2.75, 3.05) is 0 Å². The summed E-state index contributed by atoms with van der Waals surface area (Å²) < 4.78 is 7.10. The van der Waals surface area contributed by atoms with E-state index in [1.54, 1.807) is 6.92 Å². The molecular formula is C15H21BrO2. The van der Waals surface area contributed by atoms with Crippen LogP contribution < -0.4 is 4.74 Å². The Balaban J connectivity index is 2.14. The first-order valence-corrected chi connectivity index (χ1v) is 7.49. The normalized spacial score (nSPS) is 25.8. The second-order valence-electron chi connectivity index (χ2n) is 5.37. The number of aliphatic hydroxyl groups excluding tert-OH is 1. The molecule has 0 aliphatic heterocycles. The Labute approximate surface area is 117 Å². The highest BCUT2D eigenvalue weighted by Gasteiger charge is 2.21. The molecule has 0 spiro atoms. The SMILES string of the molecule is CC1CCCC(Oc2cc(Br)ccc2C(C)O)C1. The van der Waals surface area contributed by atoms with Crippen LogP contribution in [0.3, 0.4) is 0 Å². The maximum Gasteiger partial charge on any atom is 0.126 e. The molecular weight excluding hydrogens is 292 g/mol. The highest BCUT2D eigenvalue weighted by Crippen LogP contribution is 2.33. The predicted octanol–water partition coefficient (Wildman–Crippen LogP) is 4.46. The van der Waals surface area contributed by atoms with Crippen molar-refractivity contribution in [2.45, 2.75) is 51.7 Å². The Morgan fingerprint density at radius 2 is 2.17 bits per heavy atom. The summed E-state index contributed by atoms with van der Waals surface area (Å²) in [7, 11) is 0. The molecule has 0 radical (unpaired) electrons. The number of aliphatic hydroxyl groups is 1. The van der Waals surface area contributed by atoms with Crippen molar-refractivity contribution in [1.82, 2.24) is 0 Å². The van der Waals surface area contributed by atoms with Crippen molar-refractivity contribution in [3.05, 3.63) is 28.2 Å². The van der Waals surface area contributed by atoms with E-state index >= 15 is 0 Å². The monoisotopic (exact) mass is 312 g/mol. The molecule has 1 aromatic rings. The quantitative estimate of drug-likeness (QED) is 0.893. The third kappa shape index (κ3) is 3.48. The zero-order valence-electron chi connectivity index (χ0n) is 11.0. The largest absolute Gasteiger partial charge is 0.490 e. The Morgan fingerprint density at radius 1 is 1.39 bits per heavy atom. The average Bonchev–Trinajstić information content (AvgIpc) is 2.28. The number of hydrogen-bond acceptors (Lipinski definition) is 2. The fourth-order valence-corrected chi connectivity index (χ4v) is 2.96. The number of hydrogen-bond donors (Lipinski definition) is 1. The average molecular weight is 313 g/mol. The van der Waals surface area contributed by atoms with Gasteiger partial charge in [-0.05, 0) is 44.2 Å². The third-order valence-corrected chi connectivity index (χ3v) is 4.10. The van der Waals surface area contributed by atoms with Crippen LogP contribution in [0.15, 0.2) is 22.7 Å². The smallest absolute Gasteiger partial charge is 0.126 e. The van der Waals surface area contributed by atoms with E-state index < -0.39 is 6.10 Å². The van der Waals surface area contributed by atoms with Gasteiger partial charge in [0, 0.05) is 10.0 Å². The van der Waals surface area contributed by atoms with E-state index in [1.807, 2.05) is 18.2 Å². The molecule has 0 heterocycles. The molecule has 0 aromatic heterocycles. The van der Waals surface area contributed by atoms with Crippen molar-refractivity contribution in [2.24, 2.45) is 5.92 Å². The summed E-state index contributed by atoms with van der Waals surface area (Å²) in [5, 5.41) is 9.78. The molecule has 2 rings (SSSR count). The lowest BCUT2D eigenvalue weighted by molar-refractivity contribution is 0.121. The molecule has 1 aromatic carbocycles. The molecule has 1 saturated carbocycles. The van der Waals surface area contributed by atoms with Crippen LogP contribution in [-0.2, 0) is 0 Å². The van der Waals surface area contributed by atoms with Gasteiger partial charge in [0.05, 0.1) is 12.2 Å². The van der Waals surface area contributed by atoms with E-state index in [-0.39, 0.29) is 0 Å². The topological polar surface area (TPSA) is 29.5 Å². The van der Waals surface area contributed by atoms with Gasteiger partial charge in [0.1, 0.15) is 5.75 Å². The number of rotatable bonds is 3. The number of ether oxygens (including phenoxy) is 1. The van der Waals surface area contributed by atoms with Crippen molar-refractivity contribution in [1.29, 1.82) is 0 Å². The first kappa shape index (κ1) is 13.9. The third-order valence-electron chi connectivity index (χ3n) is 3.61. The van der Waals surface area contributed by atoms with E-state index in [4.69, 9.17) is 4.74 Å². The molecule has 1 N–H and O–H groups in total. The zero-order chi connectivity index (χ0) is 13.1. The van der Waals surface area contributed by atoms with Gasteiger partial charge >= 0.3 is 0 Å². The predicted molar refractivity (Wildman–Crippen MR) is 76.8 cm³/mol. The lowest BCUT2D eigenvalue weighted by atomic mass is 9.88. The molecule has 3 atom stereocenters. The van der Waals surface area contributed by atoms with Gasteiger partial charge in [-0.15, -0.1) is 0 Å². The van der Waals surface area contributed by atoms with Crippen LogP contribution in [0.1, 0.15) is 51.2 Å². The maximum atomic E-state index is 9.78. The summed E-state index contributed by atoms with van der Waals surface area (Å²) in [6, 6.07) is 5.83. The van der Waals surface area contributed by atoms with E-state index in [1.165, 1.54) is 12.8 Å². The van der Waals surface area contributed by atoms with Gasteiger partial charge < -0.3 is 9.84 Å². The Hall–Kier alpha value is -0.540. The van der Waals surface area contributed by atoms with Crippen LogP contribution >= 0.6 is 15.9 Å². The summed E-state index contributed by atoms with van der Waals surface area (Å²) in [5.74, 6) is 1.56. The second-order valence-corrected chi connectivity index (χ2v) is 6.29. The Bertz CT molecular complexity index is 403. The van der Waals surface area contributed by atoms with Gasteiger partial charge in [0.25, 0.3) is 0 Å². The molecule has 100 valence electrons. The van der Waals surface area contributed by atoms with Crippen LogP contribution in [-0.4, -0.2) is 11.2 Å². The van der Waals surface area contributed by atoms with Gasteiger partial charge in [-0.1, -0.05) is 35.3 Å². The first-order chi connectivity index (χ1) is 8.56. The maximum absolute atomic E-state index is 9.78. The highest BCUT2D eigenvalue weighted by atomic mass is 79.9. The number of benzene rings is 1. The van der Waals surface area contributed by atoms with E-state index in [2.05, 4.69) is 22.9 Å². The highest BCUT2D eigenvalue weighted by molar-refractivity contribution is 9.10. The molecule has 1 aliphatic carbocycles. The molecule has 3 heteroatoms. The molecule has 18 heavy (non-hydrogen) atoms. The van der Waals surface area contributed by atoms with E-state index in [0.29, 0.717) is 6.10 Å². The van der Waals surface area contributed by atoms with Crippen LogP contribution in [0, 0.1) is 5.92 Å². The molecule has 0 amide bonds. The van der Waals surface area contributed by atoms with Gasteiger partial charge in [-0.3, -0.25) is 0 Å². The minimum atomic E-state index is -0.492. The van der Waals surface area contributed by atoms with Crippen LogP contribution in [0.5, 0.6) is 5.75 Å². The van der Waals surface area contributed by atoms with Gasteiger partial charge in [-0.25, -0.2) is 0 Å². The van der Waals surface area contributed by atoms with Gasteiger partial charge in [-0.2, -0.15) is 0 Å². The second kappa shape index (κ2) is 6.07. The molecule has 2 nitrogen and oxygen atoms in total. The Morgan fingerprint density at radius 3 is 2.83 bits per heavy atom. The molecule has 3 unspecified atom stereocenters. The summed E-state index contributed by atoms with van der Waals surface area (Å²) in [5.41, 5.74) is 0.872. The molecule has 0 bridgehead atoms. The lowest BCUT2D eigenvalue weighted by Gasteiger charge is -2.28. The minimum absolute atomic E-state index is 0.292. The standard InChI is InChI=1S/C15H21BrO2/c1-10-4-3-5-13(8-10)18-15-9-12(16)6-7-14(15)11(2)17/h6-7,9-11,13,17H,3-5,8H2,1-2H3. The fourth-order valence-electron chi connectivity index (χ4n) is 2.62. The van der Waals surface area contributed by atoms with Crippen molar-refractivity contribution >= 4 is 15.9 Å². The zero-order valence-corrected chi connectivity index (χ0v) is 12.6. The van der Waals surface area contributed by atoms with Crippen molar-refractivity contribution in [3.63, 3.8) is 0 Å². The summed E-state index contributed by atoms with van der Waals surface area (Å²) in [4.78, 5) is 0. The number of halogens is 1. The molecule has 1 fully saturated rings. The van der Waals surface area contributed by atoms with Crippen LogP contribution in [0.2, 0.25) is 0 Å². The van der Waals surface area contributed by atoms with E-state index in [9.17, 15) is 5.11 Å². The molecule has 0 saturated heterocycles. The summed E-state index contributed by atoms with van der Waals surface area (Å²) >= 11 is 3.46. The molecule has 1 aliphatic rings. The van der Waals surface area contributed by atoms with Crippen molar-refractivity contribution in [3.8, 4) is 5.75 Å². The minimum Gasteiger partial charge on any atom is -0.490 e. The summed E-state index contributed by atoms with van der Waals surface area (Å²) in [6.45, 7) is 4.06. The lowest BCUT2D eigenvalue weighted by Crippen LogP contribution is -2.24. The van der Waals surface area contributed by atoms with Crippen LogP contribution in [0.25, 0.3) is 0 Å². The Kier molecular flexibility index (Phi) is 4.68. The first-order valence-electron chi connectivity index (χ1n) is 6.70.